The predicted molar refractivity (Wildman–Crippen MR) is 98.1 cm³/mol. The van der Waals surface area contributed by atoms with Crippen molar-refractivity contribution < 1.29 is 9.59 Å². The third-order valence-electron chi connectivity index (χ3n) is 4.20. The van der Waals surface area contributed by atoms with Crippen LogP contribution in [0.2, 0.25) is 0 Å². The molecule has 2 heterocycles. The minimum Gasteiger partial charge on any atom is -0.331 e. The van der Waals surface area contributed by atoms with E-state index in [0.717, 1.165) is 22.7 Å². The van der Waals surface area contributed by atoms with Crippen LogP contribution in [0.5, 0.6) is 0 Å². The Morgan fingerprint density at radius 3 is 2.84 bits per heavy atom. The van der Waals surface area contributed by atoms with Gasteiger partial charge >= 0.3 is 6.03 Å². The monoisotopic (exact) mass is 359 g/mol. The molecule has 1 aliphatic rings. The molecule has 1 saturated heterocycles. The molecule has 1 unspecified atom stereocenters. The molecule has 1 aromatic heterocycles. The average Bonchev–Trinajstić information content (AvgIpc) is 3.21. The van der Waals surface area contributed by atoms with Crippen LogP contribution < -0.4 is 10.2 Å². The number of hydrogen-bond acceptors (Lipinski definition) is 5. The Labute approximate surface area is 150 Å². The van der Waals surface area contributed by atoms with Crippen molar-refractivity contribution in [2.45, 2.75) is 25.7 Å². The van der Waals surface area contributed by atoms with Gasteiger partial charge in [-0.3, -0.25) is 10.1 Å². The number of benzene rings is 1. The fraction of sp³-hybridized carbons (Fsp3) is 0.412. The zero-order valence-electron chi connectivity index (χ0n) is 14.5. The summed E-state index contributed by atoms with van der Waals surface area (Å²) in [5, 5.41) is 12.1. The smallest absolute Gasteiger partial charge is 0.323 e. The van der Waals surface area contributed by atoms with Gasteiger partial charge in [-0.1, -0.05) is 36.5 Å². The van der Waals surface area contributed by atoms with E-state index in [4.69, 9.17) is 0 Å². The van der Waals surface area contributed by atoms with Crippen molar-refractivity contribution in [3.8, 4) is 0 Å². The summed E-state index contributed by atoms with van der Waals surface area (Å²) in [7, 11) is 3.33. The Morgan fingerprint density at radius 1 is 1.36 bits per heavy atom. The van der Waals surface area contributed by atoms with E-state index >= 15 is 0 Å². The summed E-state index contributed by atoms with van der Waals surface area (Å²) < 4.78 is 0. The fourth-order valence-corrected chi connectivity index (χ4v) is 3.66. The van der Waals surface area contributed by atoms with Gasteiger partial charge in [0.25, 0.3) is 0 Å². The molecule has 132 valence electrons. The molecule has 3 rings (SSSR count). The van der Waals surface area contributed by atoms with Gasteiger partial charge in [0.05, 0.1) is 0 Å². The van der Waals surface area contributed by atoms with Gasteiger partial charge < -0.3 is 9.80 Å². The quantitative estimate of drug-likeness (QED) is 0.910. The van der Waals surface area contributed by atoms with E-state index in [1.807, 2.05) is 23.1 Å². The summed E-state index contributed by atoms with van der Waals surface area (Å²) in [6.07, 6.45) is 1.29. The number of aryl methyl sites for hydroxylation is 1. The van der Waals surface area contributed by atoms with Crippen LogP contribution in [-0.4, -0.2) is 47.7 Å². The first-order valence-electron chi connectivity index (χ1n) is 8.19. The molecule has 1 aromatic carbocycles. The summed E-state index contributed by atoms with van der Waals surface area (Å²) in [6, 6.07) is 7.74. The number of hydrogen-bond donors (Lipinski definition) is 1. The third kappa shape index (κ3) is 3.63. The third-order valence-corrected chi connectivity index (χ3v) is 5.20. The van der Waals surface area contributed by atoms with E-state index in [0.29, 0.717) is 18.1 Å². The summed E-state index contributed by atoms with van der Waals surface area (Å²) in [5.41, 5.74) is 2.14. The number of rotatable bonds is 4. The predicted octanol–water partition coefficient (Wildman–Crippen LogP) is 2.71. The van der Waals surface area contributed by atoms with Crippen molar-refractivity contribution in [2.75, 3.05) is 30.9 Å². The summed E-state index contributed by atoms with van der Waals surface area (Å²) in [5.74, 6) is 0.0971. The number of carbonyl (C=O) groups excluding carboxylic acids is 2. The molecule has 0 radical (unpaired) electrons. The van der Waals surface area contributed by atoms with Crippen LogP contribution in [0, 0.1) is 0 Å². The van der Waals surface area contributed by atoms with Gasteiger partial charge in [0, 0.05) is 38.7 Å². The highest BCUT2D eigenvalue weighted by atomic mass is 32.1. The largest absolute Gasteiger partial charge is 0.331 e. The molecule has 3 amide bonds. The number of aromatic nitrogens is 2. The second-order valence-corrected chi connectivity index (χ2v) is 7.17. The fourth-order valence-electron chi connectivity index (χ4n) is 2.83. The van der Waals surface area contributed by atoms with Crippen molar-refractivity contribution in [2.24, 2.45) is 0 Å². The van der Waals surface area contributed by atoms with Crippen molar-refractivity contribution in [3.63, 3.8) is 0 Å². The van der Waals surface area contributed by atoms with Crippen molar-refractivity contribution in [1.82, 2.24) is 15.1 Å². The highest BCUT2D eigenvalue weighted by Gasteiger charge is 2.34. The van der Waals surface area contributed by atoms with E-state index in [2.05, 4.69) is 28.5 Å². The van der Waals surface area contributed by atoms with Gasteiger partial charge in [-0.05, 0) is 18.1 Å². The lowest BCUT2D eigenvalue weighted by molar-refractivity contribution is -0.117. The SMILES string of the molecule is CCc1ccccc1N1CC(c2nnc(NC(=O)N(C)C)s2)CC1=O. The topological polar surface area (TPSA) is 78.4 Å². The Morgan fingerprint density at radius 2 is 2.12 bits per heavy atom. The molecule has 0 aliphatic carbocycles. The van der Waals surface area contributed by atoms with Crippen LogP contribution in [-0.2, 0) is 11.2 Å². The van der Waals surface area contributed by atoms with Gasteiger partial charge in [-0.15, -0.1) is 10.2 Å². The van der Waals surface area contributed by atoms with Crippen LogP contribution >= 0.6 is 11.3 Å². The summed E-state index contributed by atoms with van der Waals surface area (Å²) >= 11 is 1.33. The number of urea groups is 1. The Hall–Kier alpha value is -2.48. The molecule has 2 aromatic rings. The summed E-state index contributed by atoms with van der Waals surface area (Å²) in [4.78, 5) is 27.5. The van der Waals surface area contributed by atoms with Gasteiger partial charge in [0.15, 0.2) is 0 Å². The lowest BCUT2D eigenvalue weighted by Gasteiger charge is -2.19. The first kappa shape index (κ1) is 17.3. The standard InChI is InChI=1S/C17H21N5O2S/c1-4-11-7-5-6-8-13(11)22-10-12(9-14(22)23)15-19-20-16(25-15)18-17(24)21(2)3/h5-8,12H,4,9-10H2,1-3H3,(H,18,20,24). The van der Waals surface area contributed by atoms with Crippen molar-refractivity contribution in [3.05, 3.63) is 34.8 Å². The second kappa shape index (κ2) is 7.18. The highest BCUT2D eigenvalue weighted by Crippen LogP contribution is 2.35. The van der Waals surface area contributed by atoms with E-state index in [1.54, 1.807) is 14.1 Å². The number of anilines is 2. The number of para-hydroxylation sites is 1. The lowest BCUT2D eigenvalue weighted by atomic mass is 10.1. The molecule has 1 N–H and O–H groups in total. The normalized spacial score (nSPS) is 17.0. The molecule has 7 nitrogen and oxygen atoms in total. The number of amides is 3. The van der Waals surface area contributed by atoms with Gasteiger partial charge in [-0.2, -0.15) is 0 Å². The molecule has 8 heteroatoms. The molecule has 1 atom stereocenters. The van der Waals surface area contributed by atoms with Crippen molar-refractivity contribution in [1.29, 1.82) is 0 Å². The minimum absolute atomic E-state index is 0.0000737. The molecule has 0 bridgehead atoms. The van der Waals surface area contributed by atoms with Crippen molar-refractivity contribution >= 4 is 34.1 Å². The maximum absolute atomic E-state index is 12.5. The average molecular weight is 359 g/mol. The van der Waals surface area contributed by atoms with Crippen LogP contribution in [0.3, 0.4) is 0 Å². The molecule has 25 heavy (non-hydrogen) atoms. The highest BCUT2D eigenvalue weighted by molar-refractivity contribution is 7.15. The van der Waals surface area contributed by atoms with E-state index in [-0.39, 0.29) is 17.9 Å². The van der Waals surface area contributed by atoms with E-state index in [9.17, 15) is 9.59 Å². The first-order valence-corrected chi connectivity index (χ1v) is 9.01. The maximum atomic E-state index is 12.5. The molecule has 1 fully saturated rings. The number of carbonyl (C=O) groups is 2. The zero-order chi connectivity index (χ0) is 18.0. The Balaban J connectivity index is 1.75. The number of nitrogens with one attached hydrogen (secondary N) is 1. The number of nitrogens with zero attached hydrogens (tertiary/aromatic N) is 4. The molecule has 0 saturated carbocycles. The molecular formula is C17H21N5O2S. The van der Waals surface area contributed by atoms with Crippen LogP contribution in [0.1, 0.15) is 29.8 Å². The molecular weight excluding hydrogens is 338 g/mol. The van der Waals surface area contributed by atoms with Gasteiger partial charge in [0.1, 0.15) is 5.01 Å². The lowest BCUT2D eigenvalue weighted by Crippen LogP contribution is -2.27. The Bertz CT molecular complexity index is 789. The second-order valence-electron chi connectivity index (χ2n) is 6.16. The van der Waals surface area contributed by atoms with E-state index in [1.165, 1.54) is 16.2 Å². The first-order chi connectivity index (χ1) is 12.0. The molecule has 1 aliphatic heterocycles. The van der Waals surface area contributed by atoms with Crippen LogP contribution in [0.15, 0.2) is 24.3 Å². The van der Waals surface area contributed by atoms with E-state index < -0.39 is 0 Å². The minimum atomic E-state index is -0.247. The van der Waals surface area contributed by atoms with Crippen LogP contribution in [0.25, 0.3) is 0 Å². The maximum Gasteiger partial charge on any atom is 0.323 e. The van der Waals surface area contributed by atoms with Crippen LogP contribution in [0.4, 0.5) is 15.6 Å². The molecule has 0 spiro atoms. The van der Waals surface area contributed by atoms with Gasteiger partial charge in [0.2, 0.25) is 11.0 Å². The zero-order valence-corrected chi connectivity index (χ0v) is 15.3. The van der Waals surface area contributed by atoms with Gasteiger partial charge in [-0.25, -0.2) is 4.79 Å². The summed E-state index contributed by atoms with van der Waals surface area (Å²) in [6.45, 7) is 2.67. The Kier molecular flexibility index (Phi) is 4.98.